The number of nitrogens with zero attached hydrogens (tertiary/aromatic N) is 1. The Balaban J connectivity index is 5.39. The molecule has 0 aromatic carbocycles. The normalized spacial score (nSPS) is 19.3. The molecule has 0 fully saturated rings. The molecule has 5 nitrogen and oxygen atoms in total. The van der Waals surface area contributed by atoms with Crippen LogP contribution in [0.25, 0.3) is 0 Å². The largest absolute Gasteiger partial charge is 0.418 e. The quantitative estimate of drug-likeness (QED) is 0.244. The SMILES string of the molecule is NC(N)=NOS(=O)(F)=S(F)(F)(F)F. The molecule has 0 saturated carbocycles. The molecule has 0 aliphatic rings. The second-order valence-electron chi connectivity index (χ2n) is 1.59. The van der Waals surface area contributed by atoms with Gasteiger partial charge in [0.1, 0.15) is 0 Å². The van der Waals surface area contributed by atoms with Crippen molar-refractivity contribution in [2.45, 2.75) is 0 Å². The fourth-order valence-corrected chi connectivity index (χ4v) is 0.768. The van der Waals surface area contributed by atoms with Crippen molar-refractivity contribution < 1.29 is 27.9 Å². The summed E-state index contributed by atoms with van der Waals surface area (Å²) in [5.41, 5.74) is 8.84. The van der Waals surface area contributed by atoms with Crippen LogP contribution >= 0.6 is 0 Å². The molecular formula is CH4F5N3O2S2. The first-order chi connectivity index (χ1) is 5.43. The molecule has 0 aromatic rings. The highest BCUT2D eigenvalue weighted by Gasteiger charge is 2.46. The van der Waals surface area contributed by atoms with E-state index in [2.05, 4.69) is 15.8 Å². The number of nitrogens with two attached hydrogens (primary N) is 2. The van der Waals surface area contributed by atoms with E-state index in [0.29, 0.717) is 0 Å². The topological polar surface area (TPSA) is 90.7 Å². The summed E-state index contributed by atoms with van der Waals surface area (Å²) < 4.78 is 70.5. The Morgan fingerprint density at radius 1 is 1.31 bits per heavy atom. The summed E-state index contributed by atoms with van der Waals surface area (Å²) in [5, 5.41) is 2.00. The third-order valence-corrected chi connectivity index (χ3v) is 3.38. The van der Waals surface area contributed by atoms with Crippen LogP contribution in [-0.4, -0.2) is 10.2 Å². The lowest BCUT2D eigenvalue weighted by Crippen LogP contribution is -2.24. The summed E-state index contributed by atoms with van der Waals surface area (Å²) in [6, 6.07) is 0. The van der Waals surface area contributed by atoms with Gasteiger partial charge in [0, 0.05) is 0 Å². The lowest BCUT2D eigenvalue weighted by molar-refractivity contribution is 0.340. The molecular weight excluding hydrogens is 245 g/mol. The van der Waals surface area contributed by atoms with Gasteiger partial charge >= 0.3 is 18.4 Å². The summed E-state index contributed by atoms with van der Waals surface area (Å²) in [4.78, 5) is 0. The minimum absolute atomic E-state index is 1.12. The Bertz CT molecular complexity index is 361. The first-order valence-corrected chi connectivity index (χ1v) is 5.80. The van der Waals surface area contributed by atoms with Crippen molar-refractivity contribution in [1.29, 1.82) is 0 Å². The van der Waals surface area contributed by atoms with Gasteiger partial charge in [-0.1, -0.05) is 19.4 Å². The maximum atomic E-state index is 12.0. The maximum Gasteiger partial charge on any atom is 0.418 e. The molecule has 12 heteroatoms. The van der Waals surface area contributed by atoms with E-state index >= 15 is 0 Å². The van der Waals surface area contributed by atoms with Gasteiger partial charge in [0.05, 0.1) is 0 Å². The van der Waals surface area contributed by atoms with Crippen LogP contribution in [0.3, 0.4) is 0 Å². The van der Waals surface area contributed by atoms with E-state index < -0.39 is 24.4 Å². The molecule has 0 spiro atoms. The average molecular weight is 249 g/mol. The molecule has 0 bridgehead atoms. The summed E-state index contributed by atoms with van der Waals surface area (Å²) in [6.07, 6.45) is 0. The molecule has 0 aliphatic carbocycles. The smallest absolute Gasteiger partial charge is 0.367 e. The summed E-state index contributed by atoms with van der Waals surface area (Å²) >= 11 is 0. The van der Waals surface area contributed by atoms with Gasteiger partial charge in [-0.15, -0.1) is 0 Å². The van der Waals surface area contributed by atoms with Crippen LogP contribution < -0.4 is 11.5 Å². The molecule has 82 valence electrons. The molecule has 1 atom stereocenters. The standard InChI is InChI=1S/CH4F5N3O2S2/c2-12(10,11-9-1(7)8)13(3,4,5)6/h(H4,7,8,9). The second-order valence-corrected chi connectivity index (χ2v) is 6.43. The van der Waals surface area contributed by atoms with Crippen LogP contribution in [0.4, 0.5) is 19.4 Å². The maximum absolute atomic E-state index is 12.0. The minimum atomic E-state index is -8.75. The molecule has 13 heavy (non-hydrogen) atoms. The van der Waals surface area contributed by atoms with Crippen molar-refractivity contribution in [3.8, 4) is 0 Å². The van der Waals surface area contributed by atoms with E-state index in [-0.39, 0.29) is 0 Å². The highest BCUT2D eigenvalue weighted by Crippen LogP contribution is 2.42. The molecule has 0 heterocycles. The molecule has 0 amide bonds. The van der Waals surface area contributed by atoms with Gasteiger partial charge in [-0.3, -0.25) is 4.28 Å². The Hall–Kier alpha value is -0.780. The van der Waals surface area contributed by atoms with E-state index in [1.54, 1.807) is 0 Å². The summed E-state index contributed by atoms with van der Waals surface area (Å²) in [5.74, 6) is -1.12. The average Bonchev–Trinajstić information content (AvgIpc) is 1.79. The Labute approximate surface area is 69.7 Å². The van der Waals surface area contributed by atoms with E-state index in [9.17, 15) is 23.6 Å². The van der Waals surface area contributed by atoms with E-state index in [0.717, 1.165) is 0 Å². The van der Waals surface area contributed by atoms with Gasteiger partial charge in [0.25, 0.3) is 0 Å². The lowest BCUT2D eigenvalue weighted by Gasteiger charge is -2.11. The number of halogens is 5. The third-order valence-electron chi connectivity index (χ3n) is 0.533. The van der Waals surface area contributed by atoms with Crippen LogP contribution in [0.5, 0.6) is 0 Å². The number of rotatable bonds is 2. The van der Waals surface area contributed by atoms with Gasteiger partial charge < -0.3 is 11.5 Å². The predicted molar refractivity (Wildman–Crippen MR) is 37.9 cm³/mol. The summed E-state index contributed by atoms with van der Waals surface area (Å²) in [7, 11) is -15.4. The fraction of sp³-hybridized carbons (Fsp3) is 0. The molecule has 0 rings (SSSR count). The van der Waals surface area contributed by atoms with Crippen molar-refractivity contribution in [3.05, 3.63) is 0 Å². The van der Waals surface area contributed by atoms with Crippen LogP contribution in [0.1, 0.15) is 0 Å². The molecule has 4 N–H and O–H groups in total. The highest BCUT2D eigenvalue weighted by atomic mass is 33.0. The van der Waals surface area contributed by atoms with Crippen LogP contribution in [-0.2, 0) is 22.7 Å². The number of hydrogen-bond acceptors (Lipinski definition) is 3. The first-order valence-electron chi connectivity index (χ1n) is 2.26. The minimum Gasteiger partial charge on any atom is -0.367 e. The van der Waals surface area contributed by atoms with E-state index in [1.807, 2.05) is 5.16 Å². The van der Waals surface area contributed by atoms with Crippen molar-refractivity contribution >= 4 is 24.4 Å². The van der Waals surface area contributed by atoms with Gasteiger partial charge in [-0.05, 0) is 5.16 Å². The number of hydrogen-bond donors (Lipinski definition) is 2. The highest BCUT2D eigenvalue weighted by molar-refractivity contribution is 8.52. The monoisotopic (exact) mass is 249 g/mol. The predicted octanol–water partition coefficient (Wildman–Crippen LogP) is 0.418. The number of oxime groups is 1. The molecule has 0 aromatic heterocycles. The van der Waals surface area contributed by atoms with Gasteiger partial charge in [0.15, 0.2) is 0 Å². The first kappa shape index (κ1) is 12.2. The molecule has 1 unspecified atom stereocenters. The lowest BCUT2D eigenvalue weighted by atomic mass is 11.1. The second kappa shape index (κ2) is 2.87. The van der Waals surface area contributed by atoms with Crippen LogP contribution in [0.15, 0.2) is 5.16 Å². The van der Waals surface area contributed by atoms with Crippen molar-refractivity contribution in [2.75, 3.05) is 0 Å². The Morgan fingerprint density at radius 2 is 1.69 bits per heavy atom. The Kier molecular flexibility index (Phi) is 2.69. The third kappa shape index (κ3) is 3.22. The Morgan fingerprint density at radius 3 is 1.92 bits per heavy atom. The van der Waals surface area contributed by atoms with E-state index in [1.165, 1.54) is 0 Å². The van der Waals surface area contributed by atoms with E-state index in [4.69, 9.17) is 0 Å². The molecule has 0 radical (unpaired) electrons. The molecule has 0 saturated heterocycles. The van der Waals surface area contributed by atoms with Crippen molar-refractivity contribution in [1.82, 2.24) is 0 Å². The summed E-state index contributed by atoms with van der Waals surface area (Å²) in [6.45, 7) is 0. The van der Waals surface area contributed by atoms with Crippen LogP contribution in [0, 0.1) is 0 Å². The zero-order valence-corrected chi connectivity index (χ0v) is 7.26. The van der Waals surface area contributed by atoms with Crippen molar-refractivity contribution in [2.24, 2.45) is 16.6 Å². The zero-order chi connectivity index (χ0) is 10.9. The van der Waals surface area contributed by atoms with Crippen molar-refractivity contribution in [3.63, 3.8) is 0 Å². The fourth-order valence-electron chi connectivity index (χ4n) is 0.134. The number of guanidine groups is 1. The van der Waals surface area contributed by atoms with Gasteiger partial charge in [-0.2, -0.15) is 4.21 Å². The zero-order valence-electron chi connectivity index (χ0n) is 5.62. The molecule has 0 aliphatic heterocycles. The van der Waals surface area contributed by atoms with Gasteiger partial charge in [0.2, 0.25) is 5.96 Å². The van der Waals surface area contributed by atoms with Crippen LogP contribution in [0.2, 0.25) is 0 Å². The van der Waals surface area contributed by atoms with Gasteiger partial charge in [-0.25, -0.2) is 0 Å².